The molecule has 1 aliphatic rings. The first kappa shape index (κ1) is 20.1. The largest absolute Gasteiger partial charge is 0.481 e. The van der Waals surface area contributed by atoms with Crippen LogP contribution in [0.1, 0.15) is 19.8 Å². The quantitative estimate of drug-likeness (QED) is 0.323. The molecule has 25 heavy (non-hydrogen) atoms. The van der Waals surface area contributed by atoms with E-state index in [0.717, 1.165) is 0 Å². The minimum atomic E-state index is -1.44. The lowest BCUT2D eigenvalue weighted by molar-refractivity contribution is -0.178. The van der Waals surface area contributed by atoms with E-state index in [4.69, 9.17) is 10.2 Å². The highest BCUT2D eigenvalue weighted by Gasteiger charge is 2.49. The molecule has 0 aromatic heterocycles. The number of hydrogen-bond donors (Lipinski definition) is 3. The molecule has 3 N–H and O–H groups in total. The lowest BCUT2D eigenvalue weighted by atomic mass is 9.68. The number of carboxylic acids is 3. The molecule has 1 aliphatic carbocycles. The lowest BCUT2D eigenvalue weighted by Gasteiger charge is -2.34. The van der Waals surface area contributed by atoms with Crippen LogP contribution >= 0.6 is 0 Å². The van der Waals surface area contributed by atoms with Crippen LogP contribution in [0.4, 0.5) is 0 Å². The summed E-state index contributed by atoms with van der Waals surface area (Å²) in [5.41, 5.74) is 0.0624. The Morgan fingerprint density at radius 2 is 1.24 bits per heavy atom. The molecule has 0 heterocycles. The Morgan fingerprint density at radius 1 is 0.840 bits per heavy atom. The topological polar surface area (TPSA) is 164 Å². The molecule has 0 spiro atoms. The number of carboxylic acid groups (broad SMARTS) is 3. The maximum absolute atomic E-state index is 12.1. The minimum Gasteiger partial charge on any atom is -0.481 e. The van der Waals surface area contributed by atoms with E-state index in [-0.39, 0.29) is 5.57 Å². The van der Waals surface area contributed by atoms with Gasteiger partial charge in [-0.1, -0.05) is 6.58 Å². The molecule has 0 bridgehead atoms. The highest BCUT2D eigenvalue weighted by atomic mass is 16.7. The van der Waals surface area contributed by atoms with Gasteiger partial charge in [-0.2, -0.15) is 0 Å². The molecule has 138 valence electrons. The second-order valence-corrected chi connectivity index (χ2v) is 5.71. The minimum absolute atomic E-state index is 0.0624. The smallest absolute Gasteiger partial charge is 0.335 e. The van der Waals surface area contributed by atoms with Crippen LogP contribution in [0.25, 0.3) is 0 Å². The average molecular weight is 358 g/mol. The number of carbonyl (C=O) groups excluding carboxylic acids is 2. The molecule has 0 aromatic rings. The Kier molecular flexibility index (Phi) is 6.66. The van der Waals surface area contributed by atoms with Gasteiger partial charge in [0, 0.05) is 5.57 Å². The Morgan fingerprint density at radius 3 is 1.64 bits per heavy atom. The van der Waals surface area contributed by atoms with Crippen LogP contribution in [-0.4, -0.2) is 52.0 Å². The molecule has 0 radical (unpaired) electrons. The van der Waals surface area contributed by atoms with E-state index in [1.165, 1.54) is 6.92 Å². The van der Waals surface area contributed by atoms with E-state index in [1.807, 2.05) is 0 Å². The molecule has 1 fully saturated rings. The van der Waals surface area contributed by atoms with Crippen LogP contribution in [0.5, 0.6) is 0 Å². The van der Waals surface area contributed by atoms with Crippen LogP contribution in [0.2, 0.25) is 0 Å². The predicted molar refractivity (Wildman–Crippen MR) is 78.0 cm³/mol. The van der Waals surface area contributed by atoms with Gasteiger partial charge < -0.3 is 24.8 Å². The van der Waals surface area contributed by atoms with Crippen molar-refractivity contribution in [2.24, 2.45) is 23.7 Å². The molecule has 0 saturated heterocycles. The second kappa shape index (κ2) is 8.27. The highest BCUT2D eigenvalue weighted by Crippen LogP contribution is 2.39. The summed E-state index contributed by atoms with van der Waals surface area (Å²) in [6.45, 7) is 3.90. The van der Waals surface area contributed by atoms with Gasteiger partial charge in [0.05, 0.1) is 23.7 Å². The zero-order chi connectivity index (χ0) is 19.3. The van der Waals surface area contributed by atoms with E-state index < -0.39 is 73.2 Å². The van der Waals surface area contributed by atoms with Crippen LogP contribution < -0.4 is 0 Å². The average Bonchev–Trinajstić information content (AvgIpc) is 2.52. The van der Waals surface area contributed by atoms with E-state index in [9.17, 15) is 29.1 Å². The summed E-state index contributed by atoms with van der Waals surface area (Å²) in [4.78, 5) is 57.0. The lowest BCUT2D eigenvalue weighted by Crippen LogP contribution is -2.45. The van der Waals surface area contributed by atoms with Crippen LogP contribution in [0.15, 0.2) is 12.2 Å². The van der Waals surface area contributed by atoms with Crippen molar-refractivity contribution in [3.05, 3.63) is 12.2 Å². The molecule has 10 heteroatoms. The van der Waals surface area contributed by atoms with Crippen molar-refractivity contribution in [3.63, 3.8) is 0 Å². The zero-order valence-corrected chi connectivity index (χ0v) is 13.3. The molecular formula is C15H18O10. The maximum Gasteiger partial charge on any atom is 0.335 e. The standard InChI is InChI=1S/C15H18O10/c1-6(2)14(22)24-5-25-15(23)10-4-8(12(18)19)7(11(16)17)3-9(10)13(20)21/h7-10H,1,3-5H2,2H3,(H,16,17)(H,18,19)(H,20,21). The SMILES string of the molecule is C=C(C)C(=O)OCOC(=O)C1CC(C(=O)O)C(C(=O)O)CC1C(=O)O. The van der Waals surface area contributed by atoms with Crippen molar-refractivity contribution in [1.82, 2.24) is 0 Å². The van der Waals surface area contributed by atoms with E-state index in [2.05, 4.69) is 16.1 Å². The molecule has 4 atom stereocenters. The predicted octanol–water partition coefficient (Wildman–Crippen LogP) is 0.119. The fraction of sp³-hybridized carbons (Fsp3) is 0.533. The third-order valence-electron chi connectivity index (χ3n) is 3.98. The molecule has 0 amide bonds. The Hall–Kier alpha value is -2.91. The monoisotopic (exact) mass is 358 g/mol. The number of aliphatic carboxylic acids is 3. The third-order valence-corrected chi connectivity index (χ3v) is 3.98. The van der Waals surface area contributed by atoms with Crippen LogP contribution in [0, 0.1) is 23.7 Å². The van der Waals surface area contributed by atoms with Gasteiger partial charge in [0.15, 0.2) is 0 Å². The van der Waals surface area contributed by atoms with Crippen molar-refractivity contribution in [2.75, 3.05) is 6.79 Å². The zero-order valence-electron chi connectivity index (χ0n) is 13.3. The Bertz CT molecular complexity index is 607. The number of ether oxygens (including phenoxy) is 2. The number of esters is 2. The summed E-state index contributed by atoms with van der Waals surface area (Å²) in [7, 11) is 0. The normalized spacial score (nSPS) is 25.5. The Labute approximate surface area is 142 Å². The molecule has 10 nitrogen and oxygen atoms in total. The van der Waals surface area contributed by atoms with E-state index >= 15 is 0 Å². The van der Waals surface area contributed by atoms with Gasteiger partial charge in [-0.05, 0) is 19.8 Å². The Balaban J connectivity index is 2.86. The second-order valence-electron chi connectivity index (χ2n) is 5.71. The summed E-state index contributed by atoms with van der Waals surface area (Å²) in [5, 5.41) is 27.5. The van der Waals surface area contributed by atoms with Crippen molar-refractivity contribution >= 4 is 29.8 Å². The van der Waals surface area contributed by atoms with Crippen molar-refractivity contribution in [2.45, 2.75) is 19.8 Å². The van der Waals surface area contributed by atoms with Gasteiger partial charge >= 0.3 is 29.8 Å². The first-order valence-electron chi connectivity index (χ1n) is 7.23. The van der Waals surface area contributed by atoms with E-state index in [1.54, 1.807) is 0 Å². The first-order chi connectivity index (χ1) is 11.6. The summed E-state index contributed by atoms with van der Waals surface area (Å²) < 4.78 is 9.23. The van der Waals surface area contributed by atoms with Crippen molar-refractivity contribution < 1.29 is 48.8 Å². The highest BCUT2D eigenvalue weighted by molar-refractivity contribution is 5.87. The van der Waals surface area contributed by atoms with Gasteiger partial charge in [-0.25, -0.2) is 4.79 Å². The van der Waals surface area contributed by atoms with Crippen molar-refractivity contribution in [1.29, 1.82) is 0 Å². The number of rotatable bonds is 7. The van der Waals surface area contributed by atoms with Crippen LogP contribution in [0.3, 0.4) is 0 Å². The molecule has 0 aromatic carbocycles. The molecule has 1 saturated carbocycles. The van der Waals surface area contributed by atoms with Crippen LogP contribution in [-0.2, 0) is 33.4 Å². The summed E-state index contributed by atoms with van der Waals surface area (Å²) in [6, 6.07) is 0. The summed E-state index contributed by atoms with van der Waals surface area (Å²) in [6.07, 6.45) is -1.02. The van der Waals surface area contributed by atoms with Gasteiger partial charge in [0.25, 0.3) is 0 Å². The third kappa shape index (κ3) is 5.03. The molecular weight excluding hydrogens is 340 g/mol. The van der Waals surface area contributed by atoms with Crippen molar-refractivity contribution in [3.8, 4) is 0 Å². The van der Waals surface area contributed by atoms with Gasteiger partial charge in [-0.15, -0.1) is 0 Å². The van der Waals surface area contributed by atoms with E-state index in [0.29, 0.717) is 0 Å². The molecule has 0 aliphatic heterocycles. The molecule has 4 unspecified atom stereocenters. The van der Waals surface area contributed by atoms with Gasteiger partial charge in [-0.3, -0.25) is 19.2 Å². The van der Waals surface area contributed by atoms with Gasteiger partial charge in [0.2, 0.25) is 6.79 Å². The number of carbonyl (C=O) groups is 5. The molecule has 1 rings (SSSR count). The maximum atomic E-state index is 12.1. The fourth-order valence-electron chi connectivity index (χ4n) is 2.65. The summed E-state index contributed by atoms with van der Waals surface area (Å²) >= 11 is 0. The summed E-state index contributed by atoms with van der Waals surface area (Å²) in [5.74, 6) is -11.8. The van der Waals surface area contributed by atoms with Gasteiger partial charge in [0.1, 0.15) is 0 Å². The number of hydrogen-bond acceptors (Lipinski definition) is 7. The first-order valence-corrected chi connectivity index (χ1v) is 7.23. The fourth-order valence-corrected chi connectivity index (χ4v) is 2.65.